The highest BCUT2D eigenvalue weighted by atomic mass is 79.9. The Morgan fingerprint density at radius 2 is 2.08 bits per heavy atom. The van der Waals surface area contributed by atoms with Crippen molar-refractivity contribution in [1.29, 1.82) is 0 Å². The van der Waals surface area contributed by atoms with E-state index in [4.69, 9.17) is 27.9 Å². The second-order valence-corrected chi connectivity index (χ2v) is 7.23. The minimum atomic E-state index is -0.185. The molecule has 0 bridgehead atoms. The molecule has 0 aromatic heterocycles. The second kappa shape index (κ2) is 10.6. The van der Waals surface area contributed by atoms with Crippen LogP contribution in [0.25, 0.3) is 0 Å². The van der Waals surface area contributed by atoms with Crippen LogP contribution in [-0.4, -0.2) is 18.7 Å². The van der Waals surface area contributed by atoms with Gasteiger partial charge in [0.2, 0.25) is 5.91 Å². The number of halogens is 3. The standard InChI is InChI=1S/C19H19BrCl2N2O2/c1-2-13-5-8-18(16(20)10-13)26-9-3-4-19(25)24-23-12-14-6-7-15(21)11-17(14)22/h5-8,10-12H,2-4,9H2,1H3,(H,24,25)/b23-12+. The molecule has 0 saturated carbocycles. The summed E-state index contributed by atoms with van der Waals surface area (Å²) in [4.78, 5) is 11.8. The Kier molecular flexibility index (Phi) is 8.42. The number of ether oxygens (including phenoxy) is 1. The number of hydrogen-bond acceptors (Lipinski definition) is 3. The first-order valence-corrected chi connectivity index (χ1v) is 9.72. The quantitative estimate of drug-likeness (QED) is 0.317. The first-order valence-electron chi connectivity index (χ1n) is 8.17. The minimum absolute atomic E-state index is 0.185. The monoisotopic (exact) mass is 456 g/mol. The molecule has 0 heterocycles. The smallest absolute Gasteiger partial charge is 0.240 e. The minimum Gasteiger partial charge on any atom is -0.492 e. The summed E-state index contributed by atoms with van der Waals surface area (Å²) < 4.78 is 6.61. The molecule has 2 aromatic carbocycles. The maximum atomic E-state index is 11.8. The van der Waals surface area contributed by atoms with Crippen LogP contribution >= 0.6 is 39.1 Å². The van der Waals surface area contributed by atoms with Crippen molar-refractivity contribution in [3.63, 3.8) is 0 Å². The van der Waals surface area contributed by atoms with Crippen LogP contribution in [-0.2, 0) is 11.2 Å². The van der Waals surface area contributed by atoms with E-state index >= 15 is 0 Å². The van der Waals surface area contributed by atoms with Crippen LogP contribution in [0.1, 0.15) is 30.9 Å². The van der Waals surface area contributed by atoms with E-state index < -0.39 is 0 Å². The number of benzene rings is 2. The van der Waals surface area contributed by atoms with Gasteiger partial charge in [-0.05, 0) is 58.6 Å². The largest absolute Gasteiger partial charge is 0.492 e. The number of hydrogen-bond donors (Lipinski definition) is 1. The molecule has 2 rings (SSSR count). The third kappa shape index (κ3) is 6.63. The van der Waals surface area contributed by atoms with Gasteiger partial charge in [-0.25, -0.2) is 5.43 Å². The van der Waals surface area contributed by atoms with Crippen molar-refractivity contribution in [2.75, 3.05) is 6.61 Å². The molecule has 26 heavy (non-hydrogen) atoms. The number of amides is 1. The van der Waals surface area contributed by atoms with Crippen molar-refractivity contribution in [3.8, 4) is 5.75 Å². The van der Waals surface area contributed by atoms with E-state index in [-0.39, 0.29) is 5.91 Å². The number of hydrazone groups is 1. The van der Waals surface area contributed by atoms with Gasteiger partial charge in [-0.3, -0.25) is 4.79 Å². The Morgan fingerprint density at radius 3 is 2.77 bits per heavy atom. The van der Waals surface area contributed by atoms with Crippen molar-refractivity contribution in [1.82, 2.24) is 5.43 Å². The van der Waals surface area contributed by atoms with E-state index in [1.54, 1.807) is 18.2 Å². The highest BCUT2D eigenvalue weighted by Crippen LogP contribution is 2.26. The van der Waals surface area contributed by atoms with Crippen LogP contribution in [0.5, 0.6) is 5.75 Å². The van der Waals surface area contributed by atoms with Crippen molar-refractivity contribution >= 4 is 51.3 Å². The van der Waals surface area contributed by atoms with Gasteiger partial charge >= 0.3 is 0 Å². The topological polar surface area (TPSA) is 50.7 Å². The molecule has 0 atom stereocenters. The number of nitrogens with zero attached hydrogens (tertiary/aromatic N) is 1. The first kappa shape index (κ1) is 20.7. The lowest BCUT2D eigenvalue weighted by Crippen LogP contribution is -2.18. The van der Waals surface area contributed by atoms with Crippen molar-refractivity contribution < 1.29 is 9.53 Å². The molecule has 4 nitrogen and oxygen atoms in total. The highest BCUT2D eigenvalue weighted by molar-refractivity contribution is 9.10. The van der Waals surface area contributed by atoms with Gasteiger partial charge in [-0.15, -0.1) is 0 Å². The Bertz CT molecular complexity index is 797. The van der Waals surface area contributed by atoms with Crippen molar-refractivity contribution in [2.24, 2.45) is 5.10 Å². The van der Waals surface area contributed by atoms with E-state index in [2.05, 4.69) is 33.4 Å². The van der Waals surface area contributed by atoms with Gasteiger partial charge in [-0.2, -0.15) is 5.10 Å². The summed E-state index contributed by atoms with van der Waals surface area (Å²) >= 11 is 15.3. The molecule has 0 aliphatic carbocycles. The fourth-order valence-electron chi connectivity index (χ4n) is 2.13. The van der Waals surface area contributed by atoms with Crippen LogP contribution in [0.3, 0.4) is 0 Å². The van der Waals surface area contributed by atoms with Gasteiger partial charge in [0.1, 0.15) is 5.75 Å². The molecule has 1 amide bonds. The summed E-state index contributed by atoms with van der Waals surface area (Å²) in [6, 6.07) is 11.1. The maximum Gasteiger partial charge on any atom is 0.240 e. The lowest BCUT2D eigenvalue weighted by molar-refractivity contribution is -0.121. The average Bonchev–Trinajstić information content (AvgIpc) is 2.61. The fraction of sp³-hybridized carbons (Fsp3) is 0.263. The third-order valence-electron chi connectivity index (χ3n) is 3.57. The number of aryl methyl sites for hydroxylation is 1. The predicted octanol–water partition coefficient (Wildman–Crippen LogP) is 5.63. The number of rotatable bonds is 8. The van der Waals surface area contributed by atoms with Gasteiger partial charge in [0.05, 0.1) is 22.3 Å². The van der Waals surface area contributed by atoms with Gasteiger partial charge in [0.15, 0.2) is 0 Å². The molecule has 0 saturated heterocycles. The summed E-state index contributed by atoms with van der Waals surface area (Å²) in [6.45, 7) is 2.55. The molecule has 0 radical (unpaired) electrons. The lowest BCUT2D eigenvalue weighted by atomic mass is 10.2. The highest BCUT2D eigenvalue weighted by Gasteiger charge is 2.04. The van der Waals surface area contributed by atoms with Gasteiger partial charge in [0.25, 0.3) is 0 Å². The molecule has 138 valence electrons. The zero-order valence-corrected chi connectivity index (χ0v) is 17.4. The van der Waals surface area contributed by atoms with Crippen LogP contribution in [0.2, 0.25) is 10.0 Å². The van der Waals surface area contributed by atoms with E-state index in [0.29, 0.717) is 35.1 Å². The van der Waals surface area contributed by atoms with Crippen molar-refractivity contribution in [3.05, 3.63) is 62.0 Å². The van der Waals surface area contributed by atoms with Crippen LogP contribution < -0.4 is 10.2 Å². The van der Waals surface area contributed by atoms with Gasteiger partial charge in [0, 0.05) is 17.0 Å². The second-order valence-electron chi connectivity index (χ2n) is 5.53. The van der Waals surface area contributed by atoms with Crippen LogP contribution in [0, 0.1) is 0 Å². The summed E-state index contributed by atoms with van der Waals surface area (Å²) in [5, 5.41) is 4.93. The number of nitrogens with one attached hydrogen (secondary N) is 1. The number of carbonyl (C=O) groups excluding carboxylic acids is 1. The lowest BCUT2D eigenvalue weighted by Gasteiger charge is -2.09. The molecule has 0 spiro atoms. The maximum absolute atomic E-state index is 11.8. The van der Waals surface area contributed by atoms with E-state index in [0.717, 1.165) is 16.6 Å². The molecule has 7 heteroatoms. The van der Waals surface area contributed by atoms with E-state index in [1.165, 1.54) is 11.8 Å². The number of carbonyl (C=O) groups is 1. The van der Waals surface area contributed by atoms with Crippen LogP contribution in [0.4, 0.5) is 0 Å². The van der Waals surface area contributed by atoms with Gasteiger partial charge in [-0.1, -0.05) is 42.3 Å². The summed E-state index contributed by atoms with van der Waals surface area (Å²) in [7, 11) is 0. The molecule has 0 aliphatic rings. The average molecular weight is 458 g/mol. The molecule has 0 unspecified atom stereocenters. The predicted molar refractivity (Wildman–Crippen MR) is 110 cm³/mol. The summed E-state index contributed by atoms with van der Waals surface area (Å²) in [5.41, 5.74) is 4.39. The van der Waals surface area contributed by atoms with Crippen LogP contribution in [0.15, 0.2) is 46.0 Å². The Morgan fingerprint density at radius 1 is 1.27 bits per heavy atom. The molecular weight excluding hydrogens is 439 g/mol. The Labute approximate surface area is 171 Å². The summed E-state index contributed by atoms with van der Waals surface area (Å²) in [6.07, 6.45) is 3.36. The SMILES string of the molecule is CCc1ccc(OCCCC(=O)N/N=C/c2ccc(Cl)cc2Cl)c(Br)c1. The molecule has 1 N–H and O–H groups in total. The zero-order valence-electron chi connectivity index (χ0n) is 14.3. The molecule has 2 aromatic rings. The third-order valence-corrected chi connectivity index (χ3v) is 4.75. The normalized spacial score (nSPS) is 10.9. The molecule has 0 aliphatic heterocycles. The summed E-state index contributed by atoms with van der Waals surface area (Å²) in [5.74, 6) is 0.591. The Balaban J connectivity index is 1.71. The molecular formula is C19H19BrCl2N2O2. The zero-order chi connectivity index (χ0) is 18.9. The van der Waals surface area contributed by atoms with Crippen molar-refractivity contribution in [2.45, 2.75) is 26.2 Å². The fourth-order valence-corrected chi connectivity index (χ4v) is 3.13. The molecule has 0 fully saturated rings. The first-order chi connectivity index (χ1) is 12.5. The Hall–Kier alpha value is -1.56. The van der Waals surface area contributed by atoms with E-state index in [1.807, 2.05) is 18.2 Å². The van der Waals surface area contributed by atoms with Gasteiger partial charge < -0.3 is 4.74 Å². The van der Waals surface area contributed by atoms with E-state index in [9.17, 15) is 4.79 Å².